The number of hydrogen-bond donors (Lipinski definition) is 3. The summed E-state index contributed by atoms with van der Waals surface area (Å²) < 4.78 is 0. The van der Waals surface area contributed by atoms with Crippen LogP contribution in [0.25, 0.3) is 11.2 Å². The molecule has 0 unspecified atom stereocenters. The lowest BCUT2D eigenvalue weighted by atomic mass is 10.2. The number of imidazole rings is 1. The molecule has 118 valence electrons. The number of rotatable bonds is 7. The van der Waals surface area contributed by atoms with Gasteiger partial charge in [0.2, 0.25) is 11.8 Å². The van der Waals surface area contributed by atoms with Gasteiger partial charge in [-0.1, -0.05) is 13.8 Å². The lowest BCUT2D eigenvalue weighted by Crippen LogP contribution is -2.38. The molecule has 2 amide bonds. The summed E-state index contributed by atoms with van der Waals surface area (Å²) in [6.07, 6.45) is 2.43. The summed E-state index contributed by atoms with van der Waals surface area (Å²) in [7, 11) is 0. The molecule has 0 aliphatic rings. The van der Waals surface area contributed by atoms with Crippen molar-refractivity contribution in [3.05, 3.63) is 24.2 Å². The van der Waals surface area contributed by atoms with E-state index in [1.54, 1.807) is 6.20 Å². The van der Waals surface area contributed by atoms with Crippen LogP contribution in [0.5, 0.6) is 0 Å². The van der Waals surface area contributed by atoms with Crippen molar-refractivity contribution in [2.75, 3.05) is 13.1 Å². The van der Waals surface area contributed by atoms with E-state index in [-0.39, 0.29) is 24.8 Å². The van der Waals surface area contributed by atoms with Crippen molar-refractivity contribution >= 4 is 23.0 Å². The molecule has 0 fully saturated rings. The van der Waals surface area contributed by atoms with E-state index in [9.17, 15) is 9.59 Å². The van der Waals surface area contributed by atoms with E-state index in [1.807, 2.05) is 26.0 Å². The molecule has 3 N–H and O–H groups in total. The third-order valence-electron chi connectivity index (χ3n) is 3.05. The second kappa shape index (κ2) is 7.53. The van der Waals surface area contributed by atoms with Crippen LogP contribution in [0.4, 0.5) is 0 Å². The van der Waals surface area contributed by atoms with Crippen molar-refractivity contribution in [2.24, 2.45) is 5.92 Å². The van der Waals surface area contributed by atoms with Gasteiger partial charge in [0.25, 0.3) is 0 Å². The van der Waals surface area contributed by atoms with Crippen LogP contribution >= 0.6 is 0 Å². The van der Waals surface area contributed by atoms with E-state index >= 15 is 0 Å². The second-order valence-corrected chi connectivity index (χ2v) is 5.53. The number of carbonyl (C=O) groups is 2. The molecular formula is C15H21N5O2. The molecule has 0 atom stereocenters. The molecule has 7 nitrogen and oxygen atoms in total. The van der Waals surface area contributed by atoms with Crippen LogP contribution in [-0.4, -0.2) is 39.9 Å². The van der Waals surface area contributed by atoms with Crippen molar-refractivity contribution < 1.29 is 9.59 Å². The number of aromatic amines is 1. The maximum atomic E-state index is 11.7. The first-order valence-corrected chi connectivity index (χ1v) is 7.37. The Bertz CT molecular complexity index is 617. The minimum atomic E-state index is -0.173. The molecule has 0 radical (unpaired) electrons. The lowest BCUT2D eigenvalue weighted by molar-refractivity contribution is -0.126. The van der Waals surface area contributed by atoms with Crippen LogP contribution in [0.1, 0.15) is 26.1 Å². The third kappa shape index (κ3) is 4.83. The maximum Gasteiger partial charge on any atom is 0.239 e. The average molecular weight is 303 g/mol. The van der Waals surface area contributed by atoms with Gasteiger partial charge >= 0.3 is 0 Å². The maximum absolute atomic E-state index is 11.7. The topological polar surface area (TPSA) is 99.8 Å². The van der Waals surface area contributed by atoms with Gasteiger partial charge in [-0.25, -0.2) is 9.97 Å². The SMILES string of the molecule is CC(C)CNC(=O)CNC(=O)CCc1nc2ncccc2[nH]1. The molecule has 2 heterocycles. The van der Waals surface area contributed by atoms with Gasteiger partial charge in [0.15, 0.2) is 5.65 Å². The van der Waals surface area contributed by atoms with Crippen molar-refractivity contribution in [1.82, 2.24) is 25.6 Å². The number of H-pyrrole nitrogens is 1. The number of hydrogen-bond acceptors (Lipinski definition) is 4. The highest BCUT2D eigenvalue weighted by Gasteiger charge is 2.08. The number of nitrogens with zero attached hydrogens (tertiary/aromatic N) is 2. The Balaban J connectivity index is 1.72. The molecule has 0 aromatic carbocycles. The molecule has 0 aliphatic heterocycles. The summed E-state index contributed by atoms with van der Waals surface area (Å²) in [5.41, 5.74) is 1.50. The first-order valence-electron chi connectivity index (χ1n) is 7.37. The third-order valence-corrected chi connectivity index (χ3v) is 3.05. The van der Waals surface area contributed by atoms with Crippen molar-refractivity contribution in [2.45, 2.75) is 26.7 Å². The summed E-state index contributed by atoms with van der Waals surface area (Å²) in [6.45, 7) is 4.65. The van der Waals surface area contributed by atoms with Crippen molar-refractivity contribution in [3.8, 4) is 0 Å². The minimum absolute atomic E-state index is 0.00718. The first-order chi connectivity index (χ1) is 10.5. The Hall–Kier alpha value is -2.44. The fourth-order valence-corrected chi connectivity index (χ4v) is 1.89. The number of fused-ring (bicyclic) bond motifs is 1. The molecule has 2 rings (SSSR count). The number of aromatic nitrogens is 3. The van der Waals surface area contributed by atoms with Gasteiger partial charge in [-0.05, 0) is 18.1 Å². The van der Waals surface area contributed by atoms with Crippen LogP contribution in [0, 0.1) is 5.92 Å². The molecule has 0 saturated heterocycles. The van der Waals surface area contributed by atoms with Crippen molar-refractivity contribution in [1.29, 1.82) is 0 Å². The fourth-order valence-electron chi connectivity index (χ4n) is 1.89. The highest BCUT2D eigenvalue weighted by molar-refractivity contribution is 5.84. The highest BCUT2D eigenvalue weighted by atomic mass is 16.2. The standard InChI is InChI=1S/C15H21N5O2/c1-10(2)8-17-14(22)9-18-13(21)6-5-12-19-11-4-3-7-16-15(11)20-12/h3-4,7,10H,5-6,8-9H2,1-2H3,(H,17,22)(H,18,21)(H,16,19,20). The molecule has 2 aromatic heterocycles. The molecular weight excluding hydrogens is 282 g/mol. The van der Waals surface area contributed by atoms with Crippen LogP contribution in [-0.2, 0) is 16.0 Å². The quantitative estimate of drug-likeness (QED) is 0.703. The number of nitrogens with one attached hydrogen (secondary N) is 3. The Morgan fingerprint density at radius 3 is 2.82 bits per heavy atom. The molecule has 2 aromatic rings. The zero-order valence-electron chi connectivity index (χ0n) is 12.8. The van der Waals surface area contributed by atoms with Gasteiger partial charge in [-0.2, -0.15) is 0 Å². The van der Waals surface area contributed by atoms with Crippen LogP contribution in [0.2, 0.25) is 0 Å². The number of carbonyl (C=O) groups excluding carboxylic acids is 2. The molecule has 7 heteroatoms. The normalized spacial score (nSPS) is 10.9. The number of pyridine rings is 1. The van der Waals surface area contributed by atoms with E-state index in [2.05, 4.69) is 25.6 Å². The van der Waals surface area contributed by atoms with Gasteiger partial charge in [0.05, 0.1) is 12.1 Å². The number of amides is 2. The first kappa shape index (κ1) is 15.9. The summed E-state index contributed by atoms with van der Waals surface area (Å²) in [5, 5.41) is 5.35. The summed E-state index contributed by atoms with van der Waals surface area (Å²) in [6, 6.07) is 3.71. The van der Waals surface area contributed by atoms with Crippen LogP contribution in [0.15, 0.2) is 18.3 Å². The Labute approximate surface area is 128 Å². The van der Waals surface area contributed by atoms with Crippen molar-refractivity contribution in [3.63, 3.8) is 0 Å². The molecule has 0 saturated carbocycles. The van der Waals surface area contributed by atoms with E-state index < -0.39 is 0 Å². The van der Waals surface area contributed by atoms with Crippen LogP contribution in [0.3, 0.4) is 0 Å². The monoisotopic (exact) mass is 303 g/mol. The lowest BCUT2D eigenvalue weighted by Gasteiger charge is -2.08. The highest BCUT2D eigenvalue weighted by Crippen LogP contribution is 2.08. The predicted molar refractivity (Wildman–Crippen MR) is 83.1 cm³/mol. The largest absolute Gasteiger partial charge is 0.354 e. The van der Waals surface area contributed by atoms with Crippen LogP contribution < -0.4 is 10.6 Å². The van der Waals surface area contributed by atoms with E-state index in [1.165, 1.54) is 0 Å². The minimum Gasteiger partial charge on any atom is -0.354 e. The fraction of sp³-hybridized carbons (Fsp3) is 0.467. The van der Waals surface area contributed by atoms with Gasteiger partial charge in [-0.3, -0.25) is 9.59 Å². The molecule has 0 aliphatic carbocycles. The van der Waals surface area contributed by atoms with E-state index in [0.717, 1.165) is 5.52 Å². The zero-order chi connectivity index (χ0) is 15.9. The summed E-state index contributed by atoms with van der Waals surface area (Å²) in [5.74, 6) is 0.762. The second-order valence-electron chi connectivity index (χ2n) is 5.53. The molecule has 22 heavy (non-hydrogen) atoms. The van der Waals surface area contributed by atoms with Gasteiger partial charge in [-0.15, -0.1) is 0 Å². The van der Waals surface area contributed by atoms with E-state index in [0.29, 0.717) is 30.4 Å². The summed E-state index contributed by atoms with van der Waals surface area (Å²) in [4.78, 5) is 34.8. The van der Waals surface area contributed by atoms with Gasteiger partial charge in [0, 0.05) is 25.6 Å². The average Bonchev–Trinajstić information content (AvgIpc) is 2.91. The molecule has 0 spiro atoms. The van der Waals surface area contributed by atoms with Gasteiger partial charge in [0.1, 0.15) is 5.82 Å². The zero-order valence-corrected chi connectivity index (χ0v) is 12.8. The van der Waals surface area contributed by atoms with Gasteiger partial charge < -0.3 is 15.6 Å². The molecule has 0 bridgehead atoms. The van der Waals surface area contributed by atoms with E-state index in [4.69, 9.17) is 0 Å². The summed E-state index contributed by atoms with van der Waals surface area (Å²) >= 11 is 0. The predicted octanol–water partition coefficient (Wildman–Crippen LogP) is 0.779. The Kier molecular flexibility index (Phi) is 5.46. The Morgan fingerprint density at radius 1 is 1.27 bits per heavy atom. The Morgan fingerprint density at radius 2 is 2.09 bits per heavy atom. The number of aryl methyl sites for hydroxylation is 1. The smallest absolute Gasteiger partial charge is 0.239 e.